The molecule has 2 aromatic rings. The lowest BCUT2D eigenvalue weighted by molar-refractivity contribution is -0.109. The second-order valence-electron chi connectivity index (χ2n) is 3.74. The lowest BCUT2D eigenvalue weighted by Gasteiger charge is -2.12. The predicted octanol–water partition coefficient (Wildman–Crippen LogP) is 1.12. The van der Waals surface area contributed by atoms with E-state index in [0.717, 1.165) is 5.39 Å². The molecule has 5 heteroatoms. The van der Waals surface area contributed by atoms with Gasteiger partial charge >= 0.3 is 0 Å². The van der Waals surface area contributed by atoms with Gasteiger partial charge in [0, 0.05) is 18.5 Å². The Morgan fingerprint density at radius 3 is 2.78 bits per heavy atom. The van der Waals surface area contributed by atoms with Crippen LogP contribution in [0, 0.1) is 0 Å². The van der Waals surface area contributed by atoms with Crippen molar-refractivity contribution in [3.05, 3.63) is 34.6 Å². The van der Waals surface area contributed by atoms with E-state index in [0.29, 0.717) is 23.3 Å². The number of aldehydes is 1. The minimum Gasteiger partial charge on any atom is -0.496 e. The number of carbonyl (C=O) groups excluding carboxylic acids is 1. The number of aromatic nitrogens is 1. The third-order valence-electron chi connectivity index (χ3n) is 2.71. The highest BCUT2D eigenvalue weighted by atomic mass is 16.5. The van der Waals surface area contributed by atoms with Crippen LogP contribution in [0.15, 0.2) is 29.1 Å². The highest BCUT2D eigenvalue weighted by Gasteiger charge is 2.11. The number of aryl methyl sites for hydroxylation is 1. The molecule has 18 heavy (non-hydrogen) atoms. The molecular formula is C13H13NO4. The summed E-state index contributed by atoms with van der Waals surface area (Å²) in [7, 11) is 3.16. The quantitative estimate of drug-likeness (QED) is 0.760. The number of ether oxygens (including phenoxy) is 2. The molecule has 0 fully saturated rings. The fourth-order valence-corrected chi connectivity index (χ4v) is 1.87. The maximum atomic E-state index is 11.8. The number of rotatable bonds is 4. The molecule has 0 saturated carbocycles. The number of pyridine rings is 1. The van der Waals surface area contributed by atoms with Gasteiger partial charge in [-0.3, -0.25) is 9.59 Å². The first-order chi connectivity index (χ1) is 8.69. The number of carbonyl (C=O) groups is 1. The molecule has 0 amide bonds. The van der Waals surface area contributed by atoms with Gasteiger partial charge in [0.25, 0.3) is 5.56 Å². The van der Waals surface area contributed by atoms with Gasteiger partial charge in [-0.05, 0) is 12.1 Å². The van der Waals surface area contributed by atoms with Crippen molar-refractivity contribution in [3.63, 3.8) is 0 Å². The third-order valence-corrected chi connectivity index (χ3v) is 2.71. The number of benzene rings is 1. The minimum atomic E-state index is -0.193. The van der Waals surface area contributed by atoms with Crippen LogP contribution in [0.4, 0.5) is 0 Å². The molecule has 94 valence electrons. The maximum absolute atomic E-state index is 11.8. The van der Waals surface area contributed by atoms with Gasteiger partial charge in [0.1, 0.15) is 18.1 Å². The van der Waals surface area contributed by atoms with Gasteiger partial charge in [0.15, 0.2) is 6.29 Å². The Labute approximate surface area is 104 Å². The van der Waals surface area contributed by atoms with E-state index in [-0.39, 0.29) is 12.2 Å². The molecule has 5 nitrogen and oxygen atoms in total. The van der Waals surface area contributed by atoms with Crippen molar-refractivity contribution in [2.24, 2.45) is 7.05 Å². The molecule has 0 bridgehead atoms. The zero-order valence-corrected chi connectivity index (χ0v) is 10.2. The molecule has 0 aliphatic carbocycles. The van der Waals surface area contributed by atoms with Crippen LogP contribution in [0.2, 0.25) is 0 Å². The lowest BCUT2D eigenvalue weighted by atomic mass is 10.2. The lowest BCUT2D eigenvalue weighted by Crippen LogP contribution is -2.17. The highest BCUT2D eigenvalue weighted by Crippen LogP contribution is 2.29. The van der Waals surface area contributed by atoms with Gasteiger partial charge in [-0.2, -0.15) is 0 Å². The first-order valence-corrected chi connectivity index (χ1v) is 5.42. The van der Waals surface area contributed by atoms with Crippen LogP contribution in [-0.4, -0.2) is 24.6 Å². The topological polar surface area (TPSA) is 57.5 Å². The highest BCUT2D eigenvalue weighted by molar-refractivity contribution is 5.90. The van der Waals surface area contributed by atoms with E-state index in [4.69, 9.17) is 9.47 Å². The molecule has 0 saturated heterocycles. The number of para-hydroxylation sites is 1. The Hall–Kier alpha value is -2.30. The first-order valence-electron chi connectivity index (χ1n) is 5.42. The average molecular weight is 247 g/mol. The summed E-state index contributed by atoms with van der Waals surface area (Å²) in [5.41, 5.74) is 0.421. The van der Waals surface area contributed by atoms with Gasteiger partial charge in [-0.25, -0.2) is 0 Å². The van der Waals surface area contributed by atoms with Crippen LogP contribution in [0.3, 0.4) is 0 Å². The summed E-state index contributed by atoms with van der Waals surface area (Å²) in [5.74, 6) is 0.975. The Balaban J connectivity index is 2.77. The van der Waals surface area contributed by atoms with Gasteiger partial charge in [-0.1, -0.05) is 6.07 Å². The zero-order valence-electron chi connectivity index (χ0n) is 10.2. The predicted molar refractivity (Wildman–Crippen MR) is 67.3 cm³/mol. The Bertz CT molecular complexity index is 645. The monoisotopic (exact) mass is 247 g/mol. The number of fused-ring (bicyclic) bond motifs is 1. The van der Waals surface area contributed by atoms with Crippen molar-refractivity contribution in [3.8, 4) is 11.5 Å². The van der Waals surface area contributed by atoms with Crippen molar-refractivity contribution in [1.82, 2.24) is 4.57 Å². The second kappa shape index (κ2) is 4.91. The van der Waals surface area contributed by atoms with Crippen molar-refractivity contribution in [1.29, 1.82) is 0 Å². The van der Waals surface area contributed by atoms with Gasteiger partial charge in [0.2, 0.25) is 0 Å². The molecule has 0 aliphatic heterocycles. The standard InChI is InChI=1S/C13H13NO4/c1-14-12(16)8-11(17-2)9-4-3-5-10(13(9)14)18-7-6-15/h3-6,8H,7H2,1-2H3. The average Bonchev–Trinajstić information content (AvgIpc) is 2.40. The Morgan fingerprint density at radius 2 is 2.11 bits per heavy atom. The van der Waals surface area contributed by atoms with E-state index in [1.54, 1.807) is 19.2 Å². The van der Waals surface area contributed by atoms with E-state index in [9.17, 15) is 9.59 Å². The maximum Gasteiger partial charge on any atom is 0.254 e. The number of hydrogen-bond acceptors (Lipinski definition) is 4. The number of methoxy groups -OCH3 is 1. The summed E-state index contributed by atoms with van der Waals surface area (Å²) in [4.78, 5) is 22.2. The summed E-state index contributed by atoms with van der Waals surface area (Å²) in [5, 5.41) is 0.767. The van der Waals surface area contributed by atoms with Crippen molar-refractivity contribution >= 4 is 17.2 Å². The van der Waals surface area contributed by atoms with E-state index in [2.05, 4.69) is 0 Å². The third kappa shape index (κ3) is 1.95. The number of nitrogens with zero attached hydrogens (tertiary/aromatic N) is 1. The van der Waals surface area contributed by atoms with Gasteiger partial charge in [-0.15, -0.1) is 0 Å². The van der Waals surface area contributed by atoms with Crippen molar-refractivity contribution < 1.29 is 14.3 Å². The fourth-order valence-electron chi connectivity index (χ4n) is 1.87. The van der Waals surface area contributed by atoms with E-state index in [1.807, 2.05) is 6.07 Å². The molecule has 1 aromatic carbocycles. The first kappa shape index (κ1) is 12.2. The minimum absolute atomic E-state index is 0.0511. The Morgan fingerprint density at radius 1 is 1.33 bits per heavy atom. The van der Waals surface area contributed by atoms with Gasteiger partial charge < -0.3 is 14.0 Å². The van der Waals surface area contributed by atoms with Crippen LogP contribution in [0.25, 0.3) is 10.9 Å². The summed E-state index contributed by atoms with van der Waals surface area (Å²) in [6.45, 7) is -0.0511. The SMILES string of the molecule is COc1cc(=O)n(C)c2c(OCC=O)cccc12. The van der Waals surface area contributed by atoms with Crippen LogP contribution >= 0.6 is 0 Å². The molecule has 0 N–H and O–H groups in total. The van der Waals surface area contributed by atoms with E-state index < -0.39 is 0 Å². The van der Waals surface area contributed by atoms with Crippen LogP contribution in [-0.2, 0) is 11.8 Å². The van der Waals surface area contributed by atoms with Gasteiger partial charge in [0.05, 0.1) is 12.6 Å². The molecule has 0 unspecified atom stereocenters. The zero-order chi connectivity index (χ0) is 13.1. The molecule has 1 aromatic heterocycles. The molecule has 0 aliphatic rings. The van der Waals surface area contributed by atoms with E-state index in [1.165, 1.54) is 17.7 Å². The smallest absolute Gasteiger partial charge is 0.254 e. The van der Waals surface area contributed by atoms with Crippen molar-refractivity contribution in [2.75, 3.05) is 13.7 Å². The van der Waals surface area contributed by atoms with Crippen molar-refractivity contribution in [2.45, 2.75) is 0 Å². The fraction of sp³-hybridized carbons (Fsp3) is 0.231. The normalized spacial score (nSPS) is 10.3. The number of hydrogen-bond donors (Lipinski definition) is 0. The van der Waals surface area contributed by atoms with Crippen LogP contribution in [0.1, 0.15) is 0 Å². The summed E-state index contributed by atoms with van der Waals surface area (Å²) < 4.78 is 12.0. The molecule has 0 radical (unpaired) electrons. The summed E-state index contributed by atoms with van der Waals surface area (Å²) in [6, 6.07) is 6.76. The molecule has 0 atom stereocenters. The second-order valence-corrected chi connectivity index (χ2v) is 3.74. The summed E-state index contributed by atoms with van der Waals surface area (Å²) >= 11 is 0. The summed E-state index contributed by atoms with van der Waals surface area (Å²) in [6.07, 6.45) is 0.664. The Kier molecular flexibility index (Phi) is 3.32. The largest absolute Gasteiger partial charge is 0.496 e. The molecule has 1 heterocycles. The van der Waals surface area contributed by atoms with E-state index >= 15 is 0 Å². The molecule has 0 spiro atoms. The van der Waals surface area contributed by atoms with Crippen LogP contribution in [0.5, 0.6) is 11.5 Å². The van der Waals surface area contributed by atoms with Crippen LogP contribution < -0.4 is 15.0 Å². The molecule has 2 rings (SSSR count). The molecular weight excluding hydrogens is 234 g/mol.